The van der Waals surface area contributed by atoms with Crippen LogP contribution in [0.1, 0.15) is 19.8 Å². The third kappa shape index (κ3) is 4.26. The summed E-state index contributed by atoms with van der Waals surface area (Å²) in [4.78, 5) is 12.1. The number of carbonyl (C=O) groups is 1. The van der Waals surface area contributed by atoms with Crippen molar-refractivity contribution in [1.29, 1.82) is 0 Å². The van der Waals surface area contributed by atoms with Crippen LogP contribution in [0.3, 0.4) is 0 Å². The van der Waals surface area contributed by atoms with Gasteiger partial charge in [-0.15, -0.1) is 6.42 Å². The summed E-state index contributed by atoms with van der Waals surface area (Å²) >= 11 is 0. The van der Waals surface area contributed by atoms with Crippen LogP contribution in [0.5, 0.6) is 0 Å². The van der Waals surface area contributed by atoms with Crippen molar-refractivity contribution in [1.82, 2.24) is 4.90 Å². The smallest absolute Gasteiger partial charge is 0.315 e. The van der Waals surface area contributed by atoms with E-state index in [0.717, 1.165) is 12.8 Å². The predicted molar refractivity (Wildman–Crippen MR) is 44.9 cm³/mol. The first-order valence-electron chi connectivity index (χ1n) is 3.70. The van der Waals surface area contributed by atoms with Crippen LogP contribution in [0.2, 0.25) is 0 Å². The molecule has 0 aliphatic rings. The van der Waals surface area contributed by atoms with Gasteiger partial charge >= 0.3 is 6.03 Å². The van der Waals surface area contributed by atoms with Crippen LogP contribution in [0, 0.1) is 12.3 Å². The van der Waals surface area contributed by atoms with Gasteiger partial charge in [-0.25, -0.2) is 4.79 Å². The molecule has 0 fully saturated rings. The number of rotatable bonds is 4. The van der Waals surface area contributed by atoms with Gasteiger partial charge in [0.25, 0.3) is 0 Å². The molecule has 0 radical (unpaired) electrons. The molecule has 0 aromatic carbocycles. The number of nitrogens with two attached hydrogens (primary N) is 1. The van der Waals surface area contributed by atoms with Gasteiger partial charge in [0.1, 0.15) is 0 Å². The normalized spacial score (nSPS) is 8.73. The maximum absolute atomic E-state index is 10.6. The van der Waals surface area contributed by atoms with Crippen LogP contribution < -0.4 is 5.73 Å². The van der Waals surface area contributed by atoms with Crippen molar-refractivity contribution < 1.29 is 4.79 Å². The summed E-state index contributed by atoms with van der Waals surface area (Å²) in [5.74, 6) is 2.38. The number of amides is 2. The molecule has 0 aromatic rings. The van der Waals surface area contributed by atoms with E-state index in [9.17, 15) is 4.79 Å². The summed E-state index contributed by atoms with van der Waals surface area (Å²) in [6, 6.07) is -0.434. The van der Waals surface area contributed by atoms with Crippen molar-refractivity contribution in [3.63, 3.8) is 0 Å². The highest BCUT2D eigenvalue weighted by atomic mass is 16.2. The number of unbranched alkanes of at least 4 members (excludes halogenated alkanes) is 1. The van der Waals surface area contributed by atoms with Crippen LogP contribution in [-0.2, 0) is 0 Å². The Balaban J connectivity index is 3.72. The lowest BCUT2D eigenvalue weighted by Crippen LogP contribution is -2.36. The van der Waals surface area contributed by atoms with Gasteiger partial charge in [-0.2, -0.15) is 0 Å². The van der Waals surface area contributed by atoms with E-state index in [2.05, 4.69) is 12.8 Å². The Labute approximate surface area is 67.6 Å². The fourth-order valence-corrected chi connectivity index (χ4v) is 0.726. The Kier molecular flexibility index (Phi) is 5.01. The standard InChI is InChI=1S/C8H14N2O/c1-3-5-7-10(6-4-2)8(9)11/h2H,3,5-7H2,1H3,(H2,9,11). The predicted octanol–water partition coefficient (Wildman–Crippen LogP) is 0.800. The molecule has 0 spiro atoms. The number of carbonyl (C=O) groups excluding carboxylic acids is 1. The highest BCUT2D eigenvalue weighted by Crippen LogP contribution is 1.93. The second kappa shape index (κ2) is 5.60. The van der Waals surface area contributed by atoms with Gasteiger partial charge in [0, 0.05) is 6.54 Å². The van der Waals surface area contributed by atoms with E-state index < -0.39 is 6.03 Å². The molecule has 0 aliphatic heterocycles. The first-order chi connectivity index (χ1) is 5.22. The number of primary amides is 1. The maximum atomic E-state index is 10.6. The van der Waals surface area contributed by atoms with Gasteiger partial charge in [-0.05, 0) is 6.42 Å². The van der Waals surface area contributed by atoms with Gasteiger partial charge in [-0.1, -0.05) is 19.3 Å². The molecule has 0 rings (SSSR count). The average Bonchev–Trinajstić information content (AvgIpc) is 1.97. The second-order valence-corrected chi connectivity index (χ2v) is 2.32. The Morgan fingerprint density at radius 1 is 1.73 bits per heavy atom. The van der Waals surface area contributed by atoms with Crippen LogP contribution in [0.15, 0.2) is 0 Å². The quantitative estimate of drug-likeness (QED) is 0.598. The number of hydrogen-bond acceptors (Lipinski definition) is 1. The summed E-state index contributed by atoms with van der Waals surface area (Å²) in [5.41, 5.74) is 5.05. The monoisotopic (exact) mass is 154 g/mol. The lowest BCUT2D eigenvalue weighted by Gasteiger charge is -2.16. The van der Waals surface area contributed by atoms with Gasteiger partial charge in [0.05, 0.1) is 6.54 Å². The van der Waals surface area contributed by atoms with E-state index in [1.807, 2.05) is 0 Å². The summed E-state index contributed by atoms with van der Waals surface area (Å²) in [6.07, 6.45) is 7.02. The molecule has 2 amide bonds. The Morgan fingerprint density at radius 2 is 2.36 bits per heavy atom. The van der Waals surface area contributed by atoms with Crippen molar-refractivity contribution in [2.24, 2.45) is 5.73 Å². The Hall–Kier alpha value is -1.17. The Bertz CT molecular complexity index is 160. The molecule has 0 unspecified atom stereocenters. The summed E-state index contributed by atoms with van der Waals surface area (Å²) in [7, 11) is 0. The molecular weight excluding hydrogens is 140 g/mol. The van der Waals surface area contributed by atoms with Gasteiger partial charge in [0.2, 0.25) is 0 Å². The molecule has 3 nitrogen and oxygen atoms in total. The first kappa shape index (κ1) is 9.83. The molecule has 0 bridgehead atoms. The minimum atomic E-state index is -0.434. The van der Waals surface area contributed by atoms with Crippen molar-refractivity contribution >= 4 is 6.03 Å². The van der Waals surface area contributed by atoms with E-state index in [0.29, 0.717) is 13.1 Å². The minimum absolute atomic E-state index is 0.315. The number of nitrogens with zero attached hydrogens (tertiary/aromatic N) is 1. The lowest BCUT2D eigenvalue weighted by molar-refractivity contribution is 0.213. The fourth-order valence-electron chi connectivity index (χ4n) is 0.726. The molecule has 3 heteroatoms. The minimum Gasteiger partial charge on any atom is -0.351 e. The van der Waals surface area contributed by atoms with Crippen molar-refractivity contribution in [2.45, 2.75) is 19.8 Å². The zero-order chi connectivity index (χ0) is 8.69. The molecule has 0 saturated carbocycles. The average molecular weight is 154 g/mol. The molecule has 0 saturated heterocycles. The van der Waals surface area contributed by atoms with Crippen molar-refractivity contribution in [3.05, 3.63) is 0 Å². The number of urea groups is 1. The highest BCUT2D eigenvalue weighted by molar-refractivity contribution is 5.72. The van der Waals surface area contributed by atoms with E-state index in [-0.39, 0.29) is 0 Å². The number of terminal acetylenes is 1. The van der Waals surface area contributed by atoms with Crippen molar-refractivity contribution in [2.75, 3.05) is 13.1 Å². The van der Waals surface area contributed by atoms with Gasteiger partial charge in [-0.3, -0.25) is 0 Å². The molecule has 11 heavy (non-hydrogen) atoms. The van der Waals surface area contributed by atoms with E-state index in [4.69, 9.17) is 12.2 Å². The van der Waals surface area contributed by atoms with E-state index in [1.165, 1.54) is 4.90 Å². The molecule has 0 heterocycles. The van der Waals surface area contributed by atoms with E-state index >= 15 is 0 Å². The van der Waals surface area contributed by atoms with Crippen molar-refractivity contribution in [3.8, 4) is 12.3 Å². The molecule has 0 aromatic heterocycles. The van der Waals surface area contributed by atoms with Crippen LogP contribution >= 0.6 is 0 Å². The van der Waals surface area contributed by atoms with Gasteiger partial charge in [0.15, 0.2) is 0 Å². The molecule has 0 aliphatic carbocycles. The third-order valence-electron chi connectivity index (χ3n) is 1.38. The third-order valence-corrected chi connectivity index (χ3v) is 1.38. The van der Waals surface area contributed by atoms with E-state index in [1.54, 1.807) is 0 Å². The molecule has 62 valence electrons. The summed E-state index contributed by atoms with van der Waals surface area (Å²) in [6.45, 7) is 3.03. The molecular formula is C8H14N2O. The summed E-state index contributed by atoms with van der Waals surface area (Å²) < 4.78 is 0. The highest BCUT2D eigenvalue weighted by Gasteiger charge is 2.05. The topological polar surface area (TPSA) is 46.3 Å². The van der Waals surface area contributed by atoms with Crippen LogP contribution in [0.25, 0.3) is 0 Å². The molecule has 0 atom stereocenters. The zero-order valence-corrected chi connectivity index (χ0v) is 6.84. The zero-order valence-electron chi connectivity index (χ0n) is 6.84. The SMILES string of the molecule is C#CCN(CCCC)C(N)=O. The fraction of sp³-hybridized carbons (Fsp3) is 0.625. The van der Waals surface area contributed by atoms with Gasteiger partial charge < -0.3 is 10.6 Å². The largest absolute Gasteiger partial charge is 0.351 e. The molecule has 2 N–H and O–H groups in total. The lowest BCUT2D eigenvalue weighted by atomic mass is 10.3. The maximum Gasteiger partial charge on any atom is 0.315 e. The van der Waals surface area contributed by atoms with Crippen LogP contribution in [-0.4, -0.2) is 24.0 Å². The summed E-state index contributed by atoms with van der Waals surface area (Å²) in [5, 5.41) is 0. The number of hydrogen-bond donors (Lipinski definition) is 1. The first-order valence-corrected chi connectivity index (χ1v) is 3.70. The van der Waals surface area contributed by atoms with Crippen LogP contribution in [0.4, 0.5) is 4.79 Å². The Morgan fingerprint density at radius 3 is 2.73 bits per heavy atom. The second-order valence-electron chi connectivity index (χ2n) is 2.32.